The summed E-state index contributed by atoms with van der Waals surface area (Å²) in [7, 11) is 1.61. The van der Waals surface area contributed by atoms with Crippen molar-refractivity contribution in [2.45, 2.75) is 13.3 Å². The SMILES string of the molecule is COCCc1ccc(F)c(C(C)=O)c1. The number of Topliss-reactive ketones (excluding diaryl/α,β-unsaturated/α-hetero) is 1. The number of hydrogen-bond donors (Lipinski definition) is 0. The number of carbonyl (C=O) groups is 1. The van der Waals surface area contributed by atoms with E-state index in [9.17, 15) is 9.18 Å². The van der Waals surface area contributed by atoms with E-state index in [0.717, 1.165) is 5.56 Å². The largest absolute Gasteiger partial charge is 0.384 e. The van der Waals surface area contributed by atoms with Gasteiger partial charge in [0, 0.05) is 7.11 Å². The quantitative estimate of drug-likeness (QED) is 0.690. The number of halogens is 1. The van der Waals surface area contributed by atoms with Crippen LogP contribution in [0.4, 0.5) is 4.39 Å². The molecule has 2 nitrogen and oxygen atoms in total. The summed E-state index contributed by atoms with van der Waals surface area (Å²) in [6.45, 7) is 1.93. The van der Waals surface area contributed by atoms with Gasteiger partial charge in [0.2, 0.25) is 0 Å². The van der Waals surface area contributed by atoms with Crippen molar-refractivity contribution in [2.24, 2.45) is 0 Å². The Morgan fingerprint density at radius 2 is 2.21 bits per heavy atom. The van der Waals surface area contributed by atoms with E-state index in [-0.39, 0.29) is 11.3 Å². The molecule has 0 aliphatic carbocycles. The van der Waals surface area contributed by atoms with E-state index in [1.165, 1.54) is 13.0 Å². The van der Waals surface area contributed by atoms with E-state index in [2.05, 4.69) is 0 Å². The predicted octanol–water partition coefficient (Wildman–Crippen LogP) is 2.22. The molecule has 14 heavy (non-hydrogen) atoms. The molecule has 1 rings (SSSR count). The summed E-state index contributed by atoms with van der Waals surface area (Å²) in [6.07, 6.45) is 0.692. The third-order valence-electron chi connectivity index (χ3n) is 2.00. The van der Waals surface area contributed by atoms with Crippen LogP contribution in [-0.4, -0.2) is 19.5 Å². The second-order valence-electron chi connectivity index (χ2n) is 3.11. The maximum absolute atomic E-state index is 13.1. The molecule has 1 aromatic rings. The monoisotopic (exact) mass is 196 g/mol. The van der Waals surface area contributed by atoms with Crippen LogP contribution in [-0.2, 0) is 11.2 Å². The van der Waals surface area contributed by atoms with Gasteiger partial charge in [0.1, 0.15) is 5.82 Å². The normalized spacial score (nSPS) is 10.2. The van der Waals surface area contributed by atoms with Gasteiger partial charge >= 0.3 is 0 Å². The van der Waals surface area contributed by atoms with Crippen LogP contribution in [0.5, 0.6) is 0 Å². The fourth-order valence-electron chi connectivity index (χ4n) is 1.22. The van der Waals surface area contributed by atoms with Gasteiger partial charge < -0.3 is 4.74 Å². The van der Waals surface area contributed by atoms with Crippen LogP contribution in [0.25, 0.3) is 0 Å². The molecule has 0 spiro atoms. The van der Waals surface area contributed by atoms with Crippen molar-refractivity contribution in [3.63, 3.8) is 0 Å². The molecule has 76 valence electrons. The summed E-state index contributed by atoms with van der Waals surface area (Å²) < 4.78 is 18.0. The van der Waals surface area contributed by atoms with Crippen molar-refractivity contribution < 1.29 is 13.9 Å². The first-order chi connectivity index (χ1) is 6.65. The lowest BCUT2D eigenvalue weighted by molar-refractivity contribution is 0.101. The first kappa shape index (κ1) is 10.9. The molecule has 0 saturated heterocycles. The van der Waals surface area contributed by atoms with Gasteiger partial charge in [-0.15, -0.1) is 0 Å². The Hall–Kier alpha value is -1.22. The number of carbonyl (C=O) groups excluding carboxylic acids is 1. The molecule has 1 aromatic carbocycles. The topological polar surface area (TPSA) is 26.3 Å². The Labute approximate surface area is 82.7 Å². The van der Waals surface area contributed by atoms with Crippen LogP contribution in [0.3, 0.4) is 0 Å². The molecule has 0 saturated carbocycles. The maximum atomic E-state index is 13.1. The number of ketones is 1. The minimum Gasteiger partial charge on any atom is -0.384 e. The lowest BCUT2D eigenvalue weighted by atomic mass is 10.1. The smallest absolute Gasteiger partial charge is 0.162 e. The van der Waals surface area contributed by atoms with Crippen molar-refractivity contribution >= 4 is 5.78 Å². The standard InChI is InChI=1S/C11H13FO2/c1-8(13)10-7-9(5-6-14-2)3-4-11(10)12/h3-4,7H,5-6H2,1-2H3. The second kappa shape index (κ2) is 4.86. The Kier molecular flexibility index (Phi) is 3.77. The van der Waals surface area contributed by atoms with E-state index < -0.39 is 5.82 Å². The van der Waals surface area contributed by atoms with Crippen molar-refractivity contribution in [1.29, 1.82) is 0 Å². The van der Waals surface area contributed by atoms with E-state index >= 15 is 0 Å². The summed E-state index contributed by atoms with van der Waals surface area (Å²) in [5, 5.41) is 0. The molecule has 3 heteroatoms. The van der Waals surface area contributed by atoms with Gasteiger partial charge in [-0.2, -0.15) is 0 Å². The van der Waals surface area contributed by atoms with Crippen molar-refractivity contribution in [3.8, 4) is 0 Å². The summed E-state index contributed by atoms with van der Waals surface area (Å²) in [6, 6.07) is 4.57. The molecule has 0 N–H and O–H groups in total. The molecule has 0 bridgehead atoms. The van der Waals surface area contributed by atoms with Crippen LogP contribution < -0.4 is 0 Å². The van der Waals surface area contributed by atoms with Crippen LogP contribution in [0.15, 0.2) is 18.2 Å². The zero-order valence-electron chi connectivity index (χ0n) is 8.34. The number of hydrogen-bond acceptors (Lipinski definition) is 2. The zero-order valence-corrected chi connectivity index (χ0v) is 8.34. The highest BCUT2D eigenvalue weighted by Crippen LogP contribution is 2.11. The highest BCUT2D eigenvalue weighted by atomic mass is 19.1. The van der Waals surface area contributed by atoms with Crippen molar-refractivity contribution in [1.82, 2.24) is 0 Å². The zero-order chi connectivity index (χ0) is 10.6. The van der Waals surface area contributed by atoms with Crippen LogP contribution in [0.2, 0.25) is 0 Å². The van der Waals surface area contributed by atoms with Gasteiger partial charge in [0.05, 0.1) is 12.2 Å². The first-order valence-electron chi connectivity index (χ1n) is 4.43. The summed E-state index contributed by atoms with van der Waals surface area (Å²) in [5.41, 5.74) is 1.07. The van der Waals surface area contributed by atoms with Crippen LogP contribution in [0, 0.1) is 5.82 Å². The molecule has 0 unspecified atom stereocenters. The molecule has 0 radical (unpaired) electrons. The fraction of sp³-hybridized carbons (Fsp3) is 0.364. The van der Waals surface area contributed by atoms with Gasteiger partial charge in [-0.25, -0.2) is 4.39 Å². The highest BCUT2D eigenvalue weighted by Gasteiger charge is 2.07. The molecule has 0 aliphatic rings. The Morgan fingerprint density at radius 3 is 2.79 bits per heavy atom. The predicted molar refractivity (Wildman–Crippen MR) is 52.0 cm³/mol. The first-order valence-corrected chi connectivity index (χ1v) is 4.43. The lowest BCUT2D eigenvalue weighted by Gasteiger charge is -2.03. The maximum Gasteiger partial charge on any atom is 0.162 e. The minimum absolute atomic E-state index is 0.151. The summed E-state index contributed by atoms with van der Waals surface area (Å²) in [4.78, 5) is 11.0. The molecular formula is C11H13FO2. The Balaban J connectivity index is 2.89. The Bertz CT molecular complexity index is 334. The number of rotatable bonds is 4. The van der Waals surface area contributed by atoms with Gasteiger partial charge in [-0.1, -0.05) is 6.07 Å². The summed E-state index contributed by atoms with van der Waals surface area (Å²) in [5.74, 6) is -0.708. The molecule has 0 aliphatic heterocycles. The molecule has 0 fully saturated rings. The molecular weight excluding hydrogens is 183 g/mol. The third kappa shape index (κ3) is 2.64. The average Bonchev–Trinajstić information content (AvgIpc) is 2.16. The molecule has 0 amide bonds. The highest BCUT2D eigenvalue weighted by molar-refractivity contribution is 5.94. The molecule has 0 heterocycles. The van der Waals surface area contributed by atoms with Crippen molar-refractivity contribution in [2.75, 3.05) is 13.7 Å². The third-order valence-corrected chi connectivity index (χ3v) is 2.00. The van der Waals surface area contributed by atoms with E-state index in [4.69, 9.17) is 4.74 Å². The molecule has 0 aromatic heterocycles. The van der Waals surface area contributed by atoms with Crippen LogP contribution in [0.1, 0.15) is 22.8 Å². The van der Waals surface area contributed by atoms with Gasteiger partial charge in [-0.3, -0.25) is 4.79 Å². The van der Waals surface area contributed by atoms with E-state index in [1.807, 2.05) is 0 Å². The van der Waals surface area contributed by atoms with Crippen LogP contribution >= 0.6 is 0 Å². The number of methoxy groups -OCH3 is 1. The number of benzene rings is 1. The Morgan fingerprint density at radius 1 is 1.50 bits per heavy atom. The second-order valence-corrected chi connectivity index (χ2v) is 3.11. The van der Waals surface area contributed by atoms with Gasteiger partial charge in [-0.05, 0) is 31.0 Å². The van der Waals surface area contributed by atoms with Crippen molar-refractivity contribution in [3.05, 3.63) is 35.1 Å². The average molecular weight is 196 g/mol. The van der Waals surface area contributed by atoms with E-state index in [0.29, 0.717) is 13.0 Å². The van der Waals surface area contributed by atoms with E-state index in [1.54, 1.807) is 19.2 Å². The lowest BCUT2D eigenvalue weighted by Crippen LogP contribution is -2.01. The minimum atomic E-state index is -0.460. The fourth-order valence-corrected chi connectivity index (χ4v) is 1.22. The number of ether oxygens (including phenoxy) is 1. The van der Waals surface area contributed by atoms with Gasteiger partial charge in [0.25, 0.3) is 0 Å². The van der Waals surface area contributed by atoms with Gasteiger partial charge in [0.15, 0.2) is 5.78 Å². The summed E-state index contributed by atoms with van der Waals surface area (Å²) >= 11 is 0. The molecule has 0 atom stereocenters.